The van der Waals surface area contributed by atoms with Crippen LogP contribution in [0.5, 0.6) is 0 Å². The fourth-order valence-electron chi connectivity index (χ4n) is 1.54. The second kappa shape index (κ2) is 14.9. The first-order valence-corrected chi connectivity index (χ1v) is 8.47. The summed E-state index contributed by atoms with van der Waals surface area (Å²) in [5.74, 6) is 0.656. The zero-order chi connectivity index (χ0) is 18.3. The molecule has 0 aromatic carbocycles. The molecule has 0 radical (unpaired) electrons. The summed E-state index contributed by atoms with van der Waals surface area (Å²) in [6, 6.07) is -0.216. The van der Waals surface area contributed by atoms with Gasteiger partial charge in [-0.2, -0.15) is 0 Å². The molecule has 1 unspecified atom stereocenters. The van der Waals surface area contributed by atoms with Gasteiger partial charge in [-0.25, -0.2) is 0 Å². The van der Waals surface area contributed by atoms with E-state index < -0.39 is 0 Å². The Balaban J connectivity index is -0.000000826. The lowest BCUT2D eigenvalue weighted by molar-refractivity contribution is -0.121. The minimum Gasteiger partial charge on any atom is -0.474 e. The summed E-state index contributed by atoms with van der Waals surface area (Å²) >= 11 is 0. The van der Waals surface area contributed by atoms with Gasteiger partial charge in [0.2, 0.25) is 0 Å². The molecule has 0 rings (SSSR count). The quantitative estimate of drug-likeness (QED) is 0.681. The van der Waals surface area contributed by atoms with E-state index in [0.717, 1.165) is 13.0 Å². The van der Waals surface area contributed by atoms with Crippen molar-refractivity contribution in [2.75, 3.05) is 20.6 Å². The maximum absolute atomic E-state index is 11.8. The average Bonchev–Trinajstić information content (AvgIpc) is 2.44. The van der Waals surface area contributed by atoms with Gasteiger partial charge >= 0.3 is 0 Å². The molecule has 0 heterocycles. The molecule has 0 fully saturated rings. The van der Waals surface area contributed by atoms with Crippen LogP contribution in [0, 0.1) is 0 Å². The van der Waals surface area contributed by atoms with E-state index in [1.165, 1.54) is 0 Å². The molecular formula is C18H40N2O2. The third-order valence-corrected chi connectivity index (χ3v) is 2.37. The van der Waals surface area contributed by atoms with E-state index in [-0.39, 0.29) is 17.4 Å². The van der Waals surface area contributed by atoms with Crippen LogP contribution in [0.25, 0.3) is 0 Å². The Kier molecular flexibility index (Phi) is 17.5. The standard InChI is InChI=1S/C14H28N2O2.2C2H6/c1-8-13(17)12(9-10-16(6)7)15-11(2)18-14(3,4)5;2*1-2/h12,15H,2,8-10H2,1,3-7H3;2*1-2H3. The van der Waals surface area contributed by atoms with Gasteiger partial charge in [-0.15, -0.1) is 0 Å². The summed E-state index contributed by atoms with van der Waals surface area (Å²) in [6.45, 7) is 20.4. The fraction of sp³-hybridized carbons (Fsp3) is 0.833. The molecule has 0 aliphatic rings. The maximum Gasteiger partial charge on any atom is 0.180 e. The van der Waals surface area contributed by atoms with Crippen LogP contribution < -0.4 is 5.32 Å². The van der Waals surface area contributed by atoms with Crippen LogP contribution in [-0.4, -0.2) is 43.0 Å². The van der Waals surface area contributed by atoms with Crippen LogP contribution in [0.2, 0.25) is 0 Å². The Bertz CT molecular complexity index is 281. The van der Waals surface area contributed by atoms with Gasteiger partial charge in [0.15, 0.2) is 11.7 Å². The minimum atomic E-state index is -0.300. The summed E-state index contributed by atoms with van der Waals surface area (Å²) in [4.78, 5) is 13.9. The highest BCUT2D eigenvalue weighted by Crippen LogP contribution is 2.12. The van der Waals surface area contributed by atoms with E-state index in [0.29, 0.717) is 12.3 Å². The van der Waals surface area contributed by atoms with Crippen molar-refractivity contribution >= 4 is 5.78 Å². The van der Waals surface area contributed by atoms with Gasteiger partial charge in [0.25, 0.3) is 0 Å². The van der Waals surface area contributed by atoms with Crippen molar-refractivity contribution in [1.29, 1.82) is 0 Å². The van der Waals surface area contributed by atoms with Crippen LogP contribution in [0.3, 0.4) is 0 Å². The lowest BCUT2D eigenvalue weighted by Gasteiger charge is -2.27. The number of rotatable bonds is 8. The van der Waals surface area contributed by atoms with Crippen LogP contribution in [-0.2, 0) is 9.53 Å². The molecule has 0 saturated heterocycles. The molecule has 0 saturated carbocycles. The first-order valence-electron chi connectivity index (χ1n) is 8.47. The summed E-state index contributed by atoms with van der Waals surface area (Å²) < 4.78 is 5.60. The molecule has 1 atom stereocenters. The van der Waals surface area contributed by atoms with Crippen molar-refractivity contribution in [3.05, 3.63) is 12.5 Å². The van der Waals surface area contributed by atoms with E-state index >= 15 is 0 Å². The molecule has 134 valence electrons. The highest BCUT2D eigenvalue weighted by atomic mass is 16.5. The molecular weight excluding hydrogens is 276 g/mol. The van der Waals surface area contributed by atoms with Crippen LogP contribution >= 0.6 is 0 Å². The van der Waals surface area contributed by atoms with Crippen LogP contribution in [0.1, 0.15) is 68.2 Å². The predicted octanol–water partition coefficient (Wildman–Crippen LogP) is 4.21. The van der Waals surface area contributed by atoms with Gasteiger partial charge in [0.1, 0.15) is 5.60 Å². The predicted molar refractivity (Wildman–Crippen MR) is 98.1 cm³/mol. The Morgan fingerprint density at radius 2 is 1.64 bits per heavy atom. The van der Waals surface area contributed by atoms with Gasteiger partial charge in [0, 0.05) is 6.42 Å². The van der Waals surface area contributed by atoms with E-state index in [1.54, 1.807) is 0 Å². The zero-order valence-electron chi connectivity index (χ0n) is 16.7. The number of hydrogen-bond donors (Lipinski definition) is 1. The molecule has 0 aromatic heterocycles. The Hall–Kier alpha value is -1.03. The van der Waals surface area contributed by atoms with Gasteiger partial charge in [-0.1, -0.05) is 34.6 Å². The zero-order valence-corrected chi connectivity index (χ0v) is 16.7. The smallest absolute Gasteiger partial charge is 0.180 e. The number of carbonyl (C=O) groups is 1. The molecule has 0 bridgehead atoms. The molecule has 1 N–H and O–H groups in total. The summed E-state index contributed by atoms with van der Waals surface area (Å²) in [5, 5.41) is 3.09. The third-order valence-electron chi connectivity index (χ3n) is 2.37. The lowest BCUT2D eigenvalue weighted by Crippen LogP contribution is -2.40. The Morgan fingerprint density at radius 3 is 1.95 bits per heavy atom. The molecule has 22 heavy (non-hydrogen) atoms. The monoisotopic (exact) mass is 316 g/mol. The number of nitrogens with zero attached hydrogens (tertiary/aromatic N) is 1. The van der Waals surface area contributed by atoms with Gasteiger partial charge in [-0.05, 0) is 54.4 Å². The second-order valence-corrected chi connectivity index (χ2v) is 5.75. The number of hydrogen-bond acceptors (Lipinski definition) is 4. The number of nitrogens with one attached hydrogen (secondary N) is 1. The Labute approximate surface area is 139 Å². The number of ketones is 1. The van der Waals surface area contributed by atoms with E-state index in [1.807, 2.05) is 69.5 Å². The average molecular weight is 317 g/mol. The van der Waals surface area contributed by atoms with Crippen molar-refractivity contribution in [3.63, 3.8) is 0 Å². The third kappa shape index (κ3) is 17.0. The summed E-state index contributed by atoms with van der Waals surface area (Å²) in [6.07, 6.45) is 1.28. The molecule has 4 nitrogen and oxygen atoms in total. The van der Waals surface area contributed by atoms with Crippen molar-refractivity contribution in [2.45, 2.75) is 79.9 Å². The first-order chi connectivity index (χ1) is 10.2. The minimum absolute atomic E-state index is 0.190. The normalized spacial score (nSPS) is 11.4. The van der Waals surface area contributed by atoms with Gasteiger partial charge in [-0.3, -0.25) is 4.79 Å². The van der Waals surface area contributed by atoms with Gasteiger partial charge in [0.05, 0.1) is 6.04 Å². The SMILES string of the molecule is C=C(NC(CCN(C)C)C(=O)CC)OC(C)(C)C.CC.CC. The van der Waals surface area contributed by atoms with E-state index in [4.69, 9.17) is 4.74 Å². The molecule has 0 amide bonds. The van der Waals surface area contributed by atoms with E-state index in [2.05, 4.69) is 16.8 Å². The van der Waals surface area contributed by atoms with Crippen LogP contribution in [0.4, 0.5) is 0 Å². The molecule has 0 aliphatic carbocycles. The summed E-state index contributed by atoms with van der Waals surface area (Å²) in [7, 11) is 3.99. The number of Topliss-reactive ketones (excluding diaryl/α,β-unsaturated/α-hetero) is 1. The maximum atomic E-state index is 11.8. The fourth-order valence-corrected chi connectivity index (χ4v) is 1.54. The highest BCUT2D eigenvalue weighted by molar-refractivity contribution is 5.83. The van der Waals surface area contributed by atoms with Crippen LogP contribution in [0.15, 0.2) is 12.5 Å². The topological polar surface area (TPSA) is 41.6 Å². The number of carbonyl (C=O) groups excluding carboxylic acids is 1. The lowest BCUT2D eigenvalue weighted by atomic mass is 10.1. The first kappa shape index (κ1) is 25.9. The van der Waals surface area contributed by atoms with E-state index in [9.17, 15) is 4.79 Å². The number of ether oxygens (including phenoxy) is 1. The largest absolute Gasteiger partial charge is 0.474 e. The Morgan fingerprint density at radius 1 is 1.18 bits per heavy atom. The van der Waals surface area contributed by atoms with Gasteiger partial charge < -0.3 is 15.0 Å². The second-order valence-electron chi connectivity index (χ2n) is 5.75. The molecule has 4 heteroatoms. The van der Waals surface area contributed by atoms with Crippen molar-refractivity contribution in [2.24, 2.45) is 0 Å². The molecule has 0 aliphatic heterocycles. The highest BCUT2D eigenvalue weighted by Gasteiger charge is 2.20. The summed E-state index contributed by atoms with van der Waals surface area (Å²) in [5.41, 5.74) is -0.300. The van der Waals surface area contributed by atoms with Crippen molar-refractivity contribution < 1.29 is 9.53 Å². The van der Waals surface area contributed by atoms with Crippen molar-refractivity contribution in [1.82, 2.24) is 10.2 Å². The molecule has 0 spiro atoms. The van der Waals surface area contributed by atoms with Crippen molar-refractivity contribution in [3.8, 4) is 0 Å². The molecule has 0 aromatic rings.